The molecule has 1 N–H and O–H groups in total. The lowest BCUT2D eigenvalue weighted by Crippen LogP contribution is -2.51. The van der Waals surface area contributed by atoms with Gasteiger partial charge in [0.2, 0.25) is 5.91 Å². The molecule has 0 radical (unpaired) electrons. The maximum Gasteiger partial charge on any atom is 0.231 e. The number of ether oxygens (including phenoxy) is 2. The van der Waals surface area contributed by atoms with Gasteiger partial charge >= 0.3 is 0 Å². The van der Waals surface area contributed by atoms with Gasteiger partial charge in [0.05, 0.1) is 18.6 Å². The number of amides is 1. The molecule has 1 aliphatic heterocycles. The molecule has 0 aromatic heterocycles. The van der Waals surface area contributed by atoms with Gasteiger partial charge in [0.15, 0.2) is 0 Å². The summed E-state index contributed by atoms with van der Waals surface area (Å²) in [4.78, 5) is 14.6. The predicted molar refractivity (Wildman–Crippen MR) is 90.7 cm³/mol. The number of carbonyl (C=O) groups excluding carboxylic acids is 1. The highest BCUT2D eigenvalue weighted by Gasteiger charge is 2.41. The molecule has 23 heavy (non-hydrogen) atoms. The van der Waals surface area contributed by atoms with Crippen molar-refractivity contribution < 1.29 is 14.3 Å². The number of nitrogens with zero attached hydrogens (tertiary/aromatic N) is 1. The quantitative estimate of drug-likeness (QED) is 0.833. The zero-order chi connectivity index (χ0) is 16.7. The molecule has 1 aromatic rings. The van der Waals surface area contributed by atoms with Gasteiger partial charge in [-0.2, -0.15) is 0 Å². The van der Waals surface area contributed by atoms with Crippen LogP contribution in [0.3, 0.4) is 0 Å². The first-order valence-electron chi connectivity index (χ1n) is 8.22. The van der Waals surface area contributed by atoms with Gasteiger partial charge in [-0.1, -0.05) is 17.7 Å². The number of aryl methyl sites for hydroxylation is 1. The molecule has 0 bridgehead atoms. The highest BCUT2D eigenvalue weighted by Crippen LogP contribution is 2.31. The Bertz CT molecular complexity index is 490. The van der Waals surface area contributed by atoms with E-state index in [1.54, 1.807) is 12.0 Å². The maximum atomic E-state index is 12.9. The largest absolute Gasteiger partial charge is 0.492 e. The maximum absolute atomic E-state index is 12.9. The van der Waals surface area contributed by atoms with Crippen molar-refractivity contribution >= 4 is 5.91 Å². The SMILES string of the molecule is COCC1(C(=O)N(C)CCOc2ccc(C)cc2)CCNCC1. The second kappa shape index (κ2) is 8.31. The van der Waals surface area contributed by atoms with Crippen LogP contribution in [0.1, 0.15) is 18.4 Å². The molecule has 1 saturated heterocycles. The first-order valence-corrected chi connectivity index (χ1v) is 8.22. The van der Waals surface area contributed by atoms with Crippen LogP contribution in [0.15, 0.2) is 24.3 Å². The predicted octanol–water partition coefficient (Wildman–Crippen LogP) is 1.85. The third-order valence-electron chi connectivity index (χ3n) is 4.50. The zero-order valence-corrected chi connectivity index (χ0v) is 14.4. The molecule has 5 heteroatoms. The lowest BCUT2D eigenvalue weighted by molar-refractivity contribution is -0.146. The highest BCUT2D eigenvalue weighted by atomic mass is 16.5. The molecule has 1 heterocycles. The Balaban J connectivity index is 1.86. The number of likely N-dealkylation sites (N-methyl/N-ethyl adjacent to an activating group) is 1. The van der Waals surface area contributed by atoms with E-state index < -0.39 is 5.41 Å². The molecule has 5 nitrogen and oxygen atoms in total. The number of rotatable bonds is 7. The Hall–Kier alpha value is -1.59. The average molecular weight is 320 g/mol. The van der Waals surface area contributed by atoms with Crippen LogP contribution in [0.25, 0.3) is 0 Å². The summed E-state index contributed by atoms with van der Waals surface area (Å²) in [6, 6.07) is 7.95. The fourth-order valence-electron chi connectivity index (χ4n) is 3.04. The number of benzene rings is 1. The van der Waals surface area contributed by atoms with Crippen LogP contribution in [0.5, 0.6) is 5.75 Å². The molecule has 0 saturated carbocycles. The zero-order valence-electron chi connectivity index (χ0n) is 14.4. The lowest BCUT2D eigenvalue weighted by Gasteiger charge is -2.38. The first kappa shape index (κ1) is 17.8. The van der Waals surface area contributed by atoms with Crippen LogP contribution < -0.4 is 10.1 Å². The Kier molecular flexibility index (Phi) is 6.42. The molecule has 1 aliphatic rings. The topological polar surface area (TPSA) is 50.8 Å². The number of carbonyl (C=O) groups is 1. The third kappa shape index (κ3) is 4.69. The van der Waals surface area contributed by atoms with Gasteiger partial charge in [-0.25, -0.2) is 0 Å². The molecule has 2 rings (SSSR count). The van der Waals surface area contributed by atoms with Gasteiger partial charge < -0.3 is 19.7 Å². The van der Waals surface area contributed by atoms with Gasteiger partial charge in [-0.15, -0.1) is 0 Å². The Morgan fingerprint density at radius 1 is 1.26 bits per heavy atom. The van der Waals surface area contributed by atoms with Crippen LogP contribution >= 0.6 is 0 Å². The van der Waals surface area contributed by atoms with E-state index in [9.17, 15) is 4.79 Å². The summed E-state index contributed by atoms with van der Waals surface area (Å²) in [5.74, 6) is 0.998. The van der Waals surface area contributed by atoms with E-state index in [1.807, 2.05) is 38.2 Å². The minimum Gasteiger partial charge on any atom is -0.492 e. The summed E-state index contributed by atoms with van der Waals surface area (Å²) >= 11 is 0. The van der Waals surface area contributed by atoms with E-state index >= 15 is 0 Å². The number of hydrogen-bond acceptors (Lipinski definition) is 4. The number of hydrogen-bond donors (Lipinski definition) is 1. The van der Waals surface area contributed by atoms with Crippen LogP contribution in [0, 0.1) is 12.3 Å². The van der Waals surface area contributed by atoms with Crippen molar-refractivity contribution in [2.24, 2.45) is 5.41 Å². The smallest absolute Gasteiger partial charge is 0.231 e. The number of nitrogens with one attached hydrogen (secondary N) is 1. The summed E-state index contributed by atoms with van der Waals surface area (Å²) in [6.45, 7) is 5.32. The van der Waals surface area contributed by atoms with Crippen LogP contribution in [-0.4, -0.2) is 57.8 Å². The molecule has 0 unspecified atom stereocenters. The van der Waals surface area contributed by atoms with Crippen molar-refractivity contribution in [3.63, 3.8) is 0 Å². The summed E-state index contributed by atoms with van der Waals surface area (Å²) in [5, 5.41) is 3.31. The van der Waals surface area contributed by atoms with E-state index in [0.29, 0.717) is 19.8 Å². The Labute approximate surface area is 139 Å². The Morgan fingerprint density at radius 2 is 1.91 bits per heavy atom. The molecule has 1 amide bonds. The lowest BCUT2D eigenvalue weighted by atomic mass is 9.78. The van der Waals surface area contributed by atoms with Gasteiger partial charge in [-0.3, -0.25) is 4.79 Å². The molecule has 0 spiro atoms. The molecule has 0 aliphatic carbocycles. The molecule has 0 atom stereocenters. The van der Waals surface area contributed by atoms with Crippen molar-refractivity contribution in [3.05, 3.63) is 29.8 Å². The fraction of sp³-hybridized carbons (Fsp3) is 0.611. The van der Waals surface area contributed by atoms with Crippen molar-refractivity contribution in [1.29, 1.82) is 0 Å². The van der Waals surface area contributed by atoms with Gasteiger partial charge in [0, 0.05) is 14.2 Å². The highest BCUT2D eigenvalue weighted by molar-refractivity contribution is 5.82. The molecule has 1 aromatic carbocycles. The average Bonchev–Trinajstić information content (AvgIpc) is 2.57. The van der Waals surface area contributed by atoms with Gasteiger partial charge in [0.25, 0.3) is 0 Å². The normalized spacial score (nSPS) is 16.8. The van der Waals surface area contributed by atoms with Crippen molar-refractivity contribution in [2.75, 3.05) is 47.0 Å². The Morgan fingerprint density at radius 3 is 2.52 bits per heavy atom. The summed E-state index contributed by atoms with van der Waals surface area (Å²) in [5.41, 5.74) is 0.815. The fourth-order valence-corrected chi connectivity index (χ4v) is 3.04. The standard InChI is InChI=1S/C18H28N2O3/c1-15-4-6-16(7-5-15)23-13-12-20(2)17(21)18(14-22-3)8-10-19-11-9-18/h4-7,19H,8-14H2,1-3H3. The molecular weight excluding hydrogens is 292 g/mol. The molecular formula is C18H28N2O3. The first-order chi connectivity index (χ1) is 11.1. The minimum absolute atomic E-state index is 0.161. The number of piperidine rings is 1. The van der Waals surface area contributed by atoms with E-state index in [0.717, 1.165) is 31.7 Å². The number of methoxy groups -OCH3 is 1. The van der Waals surface area contributed by atoms with Crippen LogP contribution in [-0.2, 0) is 9.53 Å². The minimum atomic E-state index is -0.390. The summed E-state index contributed by atoms with van der Waals surface area (Å²) < 4.78 is 11.1. The van der Waals surface area contributed by atoms with Crippen molar-refractivity contribution in [1.82, 2.24) is 10.2 Å². The molecule has 128 valence electrons. The monoisotopic (exact) mass is 320 g/mol. The third-order valence-corrected chi connectivity index (χ3v) is 4.50. The van der Waals surface area contributed by atoms with Crippen molar-refractivity contribution in [3.8, 4) is 5.75 Å². The second-order valence-electron chi connectivity index (χ2n) is 6.35. The molecule has 1 fully saturated rings. The van der Waals surface area contributed by atoms with Crippen molar-refractivity contribution in [2.45, 2.75) is 19.8 Å². The summed E-state index contributed by atoms with van der Waals surface area (Å²) in [7, 11) is 3.51. The van der Waals surface area contributed by atoms with Gasteiger partial charge in [-0.05, 0) is 45.0 Å². The van der Waals surface area contributed by atoms with E-state index in [4.69, 9.17) is 9.47 Å². The van der Waals surface area contributed by atoms with E-state index in [-0.39, 0.29) is 5.91 Å². The van der Waals surface area contributed by atoms with Crippen LogP contribution in [0.2, 0.25) is 0 Å². The summed E-state index contributed by atoms with van der Waals surface area (Å²) in [6.07, 6.45) is 1.64. The van der Waals surface area contributed by atoms with Crippen LogP contribution in [0.4, 0.5) is 0 Å². The van der Waals surface area contributed by atoms with E-state index in [2.05, 4.69) is 5.32 Å². The second-order valence-corrected chi connectivity index (χ2v) is 6.35. The van der Waals surface area contributed by atoms with E-state index in [1.165, 1.54) is 5.56 Å². The van der Waals surface area contributed by atoms with Gasteiger partial charge in [0.1, 0.15) is 12.4 Å².